The third-order valence-corrected chi connectivity index (χ3v) is 6.72. The fourth-order valence-corrected chi connectivity index (χ4v) is 4.61. The van der Waals surface area contributed by atoms with Crippen molar-refractivity contribution in [3.8, 4) is 11.1 Å². The van der Waals surface area contributed by atoms with E-state index in [9.17, 15) is 8.42 Å². The summed E-state index contributed by atoms with van der Waals surface area (Å²) in [5.74, 6) is -0.0282. The van der Waals surface area contributed by atoms with Gasteiger partial charge in [0.1, 0.15) is 4.38 Å². The SMILES string of the molecule is CC(c1ccc(-c2ccccc2)cc1)c1nc(N=C(S)S)n(S(=O)(=O)c2ccccc2)n1. The van der Waals surface area contributed by atoms with Gasteiger partial charge in [-0.3, -0.25) is 0 Å². The normalized spacial score (nSPS) is 12.3. The molecule has 1 atom stereocenters. The van der Waals surface area contributed by atoms with Gasteiger partial charge in [-0.15, -0.1) is 34.4 Å². The molecule has 1 unspecified atom stereocenters. The standard InChI is InChI=1S/C23H20N4O2S3/c1-16(17-12-14-19(15-13-17)18-8-4-2-5-9-18)21-24-22(25-23(30)31)27(26-21)32(28,29)20-10-6-3-7-11-20/h2-16H,1H3,(H2,24,25,26,30,31). The highest BCUT2D eigenvalue weighted by molar-refractivity contribution is 8.23. The van der Waals surface area contributed by atoms with Gasteiger partial charge in [0.15, 0.2) is 5.82 Å². The number of aliphatic imine (C=N–C) groups is 1. The third kappa shape index (κ3) is 4.64. The lowest BCUT2D eigenvalue weighted by Crippen LogP contribution is -2.15. The highest BCUT2D eigenvalue weighted by Gasteiger charge is 2.26. The van der Waals surface area contributed by atoms with E-state index in [1.807, 2.05) is 61.5 Å². The molecule has 4 aromatic rings. The minimum Gasteiger partial charge on any atom is -0.199 e. The average Bonchev–Trinajstić information content (AvgIpc) is 3.24. The molecule has 162 valence electrons. The topological polar surface area (TPSA) is 77.2 Å². The first-order chi connectivity index (χ1) is 15.4. The second kappa shape index (κ2) is 9.32. The van der Waals surface area contributed by atoms with Gasteiger partial charge in [0.05, 0.1) is 4.90 Å². The zero-order chi connectivity index (χ0) is 22.7. The summed E-state index contributed by atoms with van der Waals surface area (Å²) >= 11 is 8.11. The molecule has 0 amide bonds. The van der Waals surface area contributed by atoms with Crippen LogP contribution >= 0.6 is 25.3 Å². The lowest BCUT2D eigenvalue weighted by atomic mass is 9.97. The zero-order valence-corrected chi connectivity index (χ0v) is 19.7. The van der Waals surface area contributed by atoms with E-state index in [-0.39, 0.29) is 21.1 Å². The molecule has 0 bridgehead atoms. The van der Waals surface area contributed by atoms with Crippen LogP contribution in [0.25, 0.3) is 11.1 Å². The average molecular weight is 481 g/mol. The van der Waals surface area contributed by atoms with Crippen molar-refractivity contribution in [1.82, 2.24) is 14.2 Å². The second-order valence-electron chi connectivity index (χ2n) is 7.05. The molecule has 9 heteroatoms. The van der Waals surface area contributed by atoms with E-state index < -0.39 is 10.0 Å². The van der Waals surface area contributed by atoms with Crippen LogP contribution in [-0.4, -0.2) is 27.0 Å². The number of hydrogen-bond acceptors (Lipinski definition) is 5. The van der Waals surface area contributed by atoms with Crippen molar-refractivity contribution < 1.29 is 8.42 Å². The number of hydrogen-bond donors (Lipinski definition) is 2. The molecule has 0 radical (unpaired) electrons. The van der Waals surface area contributed by atoms with Crippen molar-refractivity contribution in [2.24, 2.45) is 4.99 Å². The minimum absolute atomic E-state index is 0.0772. The van der Waals surface area contributed by atoms with Gasteiger partial charge in [-0.2, -0.15) is 18.4 Å². The van der Waals surface area contributed by atoms with E-state index in [1.54, 1.807) is 18.2 Å². The van der Waals surface area contributed by atoms with Gasteiger partial charge in [-0.25, -0.2) is 0 Å². The summed E-state index contributed by atoms with van der Waals surface area (Å²) in [5, 5.41) is 4.31. The maximum Gasteiger partial charge on any atom is 0.286 e. The highest BCUT2D eigenvalue weighted by atomic mass is 32.2. The smallest absolute Gasteiger partial charge is 0.199 e. The Hall–Kier alpha value is -2.88. The fraction of sp³-hybridized carbons (Fsp3) is 0.0870. The molecular formula is C23H20N4O2S3. The van der Waals surface area contributed by atoms with Crippen LogP contribution in [0.4, 0.5) is 5.95 Å². The Kier molecular flexibility index (Phi) is 6.50. The van der Waals surface area contributed by atoms with Gasteiger partial charge >= 0.3 is 0 Å². The van der Waals surface area contributed by atoms with Crippen LogP contribution < -0.4 is 0 Å². The molecular weight excluding hydrogens is 460 g/mol. The third-order valence-electron chi connectivity index (χ3n) is 4.95. The lowest BCUT2D eigenvalue weighted by Gasteiger charge is -2.09. The van der Waals surface area contributed by atoms with E-state index in [1.165, 1.54) is 12.1 Å². The first kappa shape index (κ1) is 22.3. The van der Waals surface area contributed by atoms with Crippen LogP contribution in [-0.2, 0) is 10.0 Å². The predicted molar refractivity (Wildman–Crippen MR) is 134 cm³/mol. The molecule has 6 nitrogen and oxygen atoms in total. The highest BCUT2D eigenvalue weighted by Crippen LogP contribution is 2.28. The number of benzene rings is 3. The Morgan fingerprint density at radius 1 is 0.875 bits per heavy atom. The van der Waals surface area contributed by atoms with E-state index >= 15 is 0 Å². The van der Waals surface area contributed by atoms with Crippen molar-refractivity contribution in [3.63, 3.8) is 0 Å². The molecule has 0 aliphatic heterocycles. The Bertz CT molecular complexity index is 1350. The monoisotopic (exact) mass is 480 g/mol. The van der Waals surface area contributed by atoms with Crippen molar-refractivity contribution in [1.29, 1.82) is 0 Å². The zero-order valence-electron chi connectivity index (χ0n) is 17.1. The fourth-order valence-electron chi connectivity index (χ4n) is 3.24. The first-order valence-electron chi connectivity index (χ1n) is 9.76. The maximum absolute atomic E-state index is 13.2. The Labute approximate surface area is 197 Å². The molecule has 4 rings (SSSR count). The first-order valence-corrected chi connectivity index (χ1v) is 12.1. The quantitative estimate of drug-likeness (QED) is 0.226. The minimum atomic E-state index is -3.98. The summed E-state index contributed by atoms with van der Waals surface area (Å²) in [4.78, 5) is 8.53. The van der Waals surface area contributed by atoms with Gasteiger partial charge < -0.3 is 0 Å². The number of rotatable bonds is 6. The molecule has 1 heterocycles. The van der Waals surface area contributed by atoms with Crippen molar-refractivity contribution >= 4 is 45.6 Å². The van der Waals surface area contributed by atoms with E-state index in [0.717, 1.165) is 20.8 Å². The number of thiol groups is 2. The predicted octanol–water partition coefficient (Wildman–Crippen LogP) is 5.18. The molecule has 0 saturated heterocycles. The summed E-state index contributed by atoms with van der Waals surface area (Å²) in [5.41, 5.74) is 3.16. The summed E-state index contributed by atoms with van der Waals surface area (Å²) in [6.07, 6.45) is 0. The molecule has 0 aliphatic carbocycles. The summed E-state index contributed by atoms with van der Waals surface area (Å²) < 4.78 is 27.2. The van der Waals surface area contributed by atoms with Crippen molar-refractivity contribution in [2.45, 2.75) is 17.7 Å². The van der Waals surface area contributed by atoms with Crippen LogP contribution in [0.1, 0.15) is 24.2 Å². The molecule has 0 saturated carbocycles. The van der Waals surface area contributed by atoms with Crippen LogP contribution in [0, 0.1) is 0 Å². The lowest BCUT2D eigenvalue weighted by molar-refractivity contribution is 0.579. The number of aromatic nitrogens is 3. The van der Waals surface area contributed by atoms with Crippen molar-refractivity contribution in [2.75, 3.05) is 0 Å². The van der Waals surface area contributed by atoms with Crippen LogP contribution in [0.2, 0.25) is 0 Å². The van der Waals surface area contributed by atoms with E-state index in [0.29, 0.717) is 5.82 Å². The van der Waals surface area contributed by atoms with Crippen LogP contribution in [0.5, 0.6) is 0 Å². The molecule has 0 fully saturated rings. The molecule has 0 aliphatic rings. The van der Waals surface area contributed by atoms with Gasteiger partial charge in [-0.05, 0) is 28.8 Å². The van der Waals surface area contributed by atoms with E-state index in [4.69, 9.17) is 0 Å². The second-order valence-corrected chi connectivity index (χ2v) is 10.0. The van der Waals surface area contributed by atoms with Crippen LogP contribution in [0.15, 0.2) is 94.8 Å². The molecule has 0 N–H and O–H groups in total. The summed E-state index contributed by atoms with van der Waals surface area (Å²) in [7, 11) is -3.98. The maximum atomic E-state index is 13.2. The largest absolute Gasteiger partial charge is 0.286 e. The molecule has 3 aromatic carbocycles. The van der Waals surface area contributed by atoms with Gasteiger partial charge in [0, 0.05) is 5.92 Å². The Balaban J connectivity index is 1.72. The van der Waals surface area contributed by atoms with Gasteiger partial charge in [0.25, 0.3) is 16.0 Å². The molecule has 0 spiro atoms. The summed E-state index contributed by atoms with van der Waals surface area (Å²) in [6.45, 7) is 1.92. The Morgan fingerprint density at radius 2 is 1.44 bits per heavy atom. The summed E-state index contributed by atoms with van der Waals surface area (Å²) in [6, 6.07) is 26.1. The number of nitrogens with zero attached hydrogens (tertiary/aromatic N) is 4. The van der Waals surface area contributed by atoms with Crippen molar-refractivity contribution in [3.05, 3.63) is 96.3 Å². The van der Waals surface area contributed by atoms with Gasteiger partial charge in [-0.1, -0.05) is 79.7 Å². The van der Waals surface area contributed by atoms with Crippen LogP contribution in [0.3, 0.4) is 0 Å². The molecule has 32 heavy (non-hydrogen) atoms. The Morgan fingerprint density at radius 3 is 2.03 bits per heavy atom. The van der Waals surface area contributed by atoms with E-state index in [2.05, 4.69) is 40.3 Å². The molecule has 1 aromatic heterocycles. The van der Waals surface area contributed by atoms with Gasteiger partial charge in [0.2, 0.25) is 0 Å².